The van der Waals surface area contributed by atoms with Crippen LogP contribution >= 0.6 is 11.6 Å². The summed E-state index contributed by atoms with van der Waals surface area (Å²) in [6.45, 7) is -0.452. The van der Waals surface area contributed by atoms with Gasteiger partial charge in [-0.25, -0.2) is 0 Å². The van der Waals surface area contributed by atoms with Crippen molar-refractivity contribution in [1.82, 2.24) is 0 Å². The van der Waals surface area contributed by atoms with Crippen molar-refractivity contribution in [2.75, 3.05) is 6.54 Å². The topological polar surface area (TPSA) is 132 Å². The maximum Gasteiger partial charge on any atom is 0.306 e. The van der Waals surface area contributed by atoms with Crippen LogP contribution < -0.4 is 0 Å². The van der Waals surface area contributed by atoms with E-state index in [2.05, 4.69) is 10.0 Å². The van der Waals surface area contributed by atoms with E-state index < -0.39 is 35.2 Å². The second-order valence-electron chi connectivity index (χ2n) is 3.51. The minimum atomic E-state index is -1.63. The Hall–Kier alpha value is -1.93. The highest BCUT2D eigenvalue weighted by Gasteiger charge is 2.25. The zero-order valence-corrected chi connectivity index (χ0v) is 10.0. The molecule has 0 radical (unpaired) electrons. The number of rotatable bonds is 5. The minimum Gasteiger partial charge on any atom is -0.390 e. The lowest BCUT2D eigenvalue weighted by Gasteiger charge is -2.17. The first kappa shape index (κ1) is 15.1. The van der Waals surface area contributed by atoms with E-state index in [4.69, 9.17) is 17.1 Å². The number of nitro benzene ring substituents is 1. The van der Waals surface area contributed by atoms with Gasteiger partial charge in [-0.15, -0.1) is 0 Å². The smallest absolute Gasteiger partial charge is 0.306 e. The van der Waals surface area contributed by atoms with Gasteiger partial charge in [-0.3, -0.25) is 10.1 Å². The van der Waals surface area contributed by atoms with E-state index in [0.717, 1.165) is 6.07 Å². The molecule has 0 aliphatic rings. The van der Waals surface area contributed by atoms with Crippen molar-refractivity contribution in [3.63, 3.8) is 0 Å². The van der Waals surface area contributed by atoms with E-state index >= 15 is 0 Å². The summed E-state index contributed by atoms with van der Waals surface area (Å²) in [6, 6.07) is 1.39. The summed E-state index contributed by atoms with van der Waals surface area (Å²) in [4.78, 5) is 11.9. The lowest BCUT2D eigenvalue weighted by Crippen LogP contribution is -2.21. The molecule has 8 nitrogen and oxygen atoms in total. The summed E-state index contributed by atoms with van der Waals surface area (Å²) >= 11 is 5.67. The Morgan fingerprint density at radius 3 is 2.74 bits per heavy atom. The van der Waals surface area contributed by atoms with Crippen LogP contribution in [0.2, 0.25) is 5.02 Å². The van der Waals surface area contributed by atoms with Gasteiger partial charge in [-0.1, -0.05) is 16.7 Å². The second-order valence-corrected chi connectivity index (χ2v) is 3.92. The van der Waals surface area contributed by atoms with E-state index in [1.165, 1.54) is 0 Å². The van der Waals surface area contributed by atoms with Crippen molar-refractivity contribution in [3.8, 4) is 0 Å². The average molecular weight is 291 g/mol. The molecule has 0 bridgehead atoms. The zero-order valence-electron chi connectivity index (χ0n) is 9.27. The molecule has 0 heterocycles. The Bertz CT molecular complexity index is 549. The molecule has 2 unspecified atom stereocenters. The summed E-state index contributed by atoms with van der Waals surface area (Å²) in [6.07, 6.45) is -3.14. The van der Waals surface area contributed by atoms with Gasteiger partial charge in [0, 0.05) is 16.5 Å². The molecule has 0 aliphatic carbocycles. The summed E-state index contributed by atoms with van der Waals surface area (Å²) in [5.41, 5.74) is 6.99. The highest BCUT2D eigenvalue weighted by Crippen LogP contribution is 2.31. The number of nitrogens with zero attached hydrogens (tertiary/aromatic N) is 4. The Morgan fingerprint density at radius 1 is 1.58 bits per heavy atom. The van der Waals surface area contributed by atoms with Crippen molar-refractivity contribution < 1.29 is 19.5 Å². The molecular weight excluding hydrogens is 283 g/mol. The van der Waals surface area contributed by atoms with E-state index in [9.17, 15) is 24.7 Å². The number of aliphatic hydroxyl groups is 2. The van der Waals surface area contributed by atoms with Gasteiger partial charge in [0.05, 0.1) is 22.6 Å². The van der Waals surface area contributed by atoms with Gasteiger partial charge in [0.1, 0.15) is 6.10 Å². The third kappa shape index (κ3) is 3.52. The number of benzene rings is 1. The first-order chi connectivity index (χ1) is 8.88. The Kier molecular flexibility index (Phi) is 5.02. The number of halogens is 2. The molecule has 0 spiro atoms. The quantitative estimate of drug-likeness (QED) is 0.282. The highest BCUT2D eigenvalue weighted by atomic mass is 35.5. The van der Waals surface area contributed by atoms with Gasteiger partial charge in [-0.2, -0.15) is 4.39 Å². The van der Waals surface area contributed by atoms with Crippen LogP contribution in [0.4, 0.5) is 10.1 Å². The Balaban J connectivity index is 3.10. The number of azide groups is 1. The molecule has 2 atom stereocenters. The fourth-order valence-electron chi connectivity index (χ4n) is 1.35. The standard InChI is InChI=1S/C9H8ClFN4O4/c10-5-2-7(15(18)19)6(11)1-4(5)9(17)8(16)3-13-14-12/h1-2,8-9,16-17H,3H2. The molecule has 0 aliphatic heterocycles. The van der Waals surface area contributed by atoms with E-state index in [-0.39, 0.29) is 10.6 Å². The van der Waals surface area contributed by atoms with Crippen LogP contribution in [0.5, 0.6) is 0 Å². The Labute approximate surface area is 110 Å². The van der Waals surface area contributed by atoms with Crippen LogP contribution in [0.15, 0.2) is 17.2 Å². The molecule has 102 valence electrons. The summed E-state index contributed by atoms with van der Waals surface area (Å²) < 4.78 is 13.4. The minimum absolute atomic E-state index is 0.231. The summed E-state index contributed by atoms with van der Waals surface area (Å²) in [5, 5.41) is 32.4. The predicted octanol–water partition coefficient (Wildman–Crippen LogP) is 2.09. The van der Waals surface area contributed by atoms with Gasteiger partial charge >= 0.3 is 5.69 Å². The van der Waals surface area contributed by atoms with Crippen molar-refractivity contribution >= 4 is 17.3 Å². The second kappa shape index (κ2) is 6.30. The van der Waals surface area contributed by atoms with Gasteiger partial charge in [0.2, 0.25) is 5.82 Å². The van der Waals surface area contributed by atoms with Gasteiger partial charge in [-0.05, 0) is 11.6 Å². The molecule has 2 N–H and O–H groups in total. The summed E-state index contributed by atoms with van der Waals surface area (Å²) in [7, 11) is 0. The summed E-state index contributed by atoms with van der Waals surface area (Å²) in [5.74, 6) is -1.19. The first-order valence-corrected chi connectivity index (χ1v) is 5.26. The maximum absolute atomic E-state index is 13.4. The van der Waals surface area contributed by atoms with Crippen LogP contribution in [0.3, 0.4) is 0 Å². The molecule has 1 aromatic rings. The van der Waals surface area contributed by atoms with E-state index in [0.29, 0.717) is 6.07 Å². The normalized spacial score (nSPS) is 13.5. The number of aliphatic hydroxyl groups excluding tert-OH is 2. The van der Waals surface area contributed by atoms with Crippen molar-refractivity contribution in [2.24, 2.45) is 5.11 Å². The number of nitro groups is 1. The molecule has 10 heteroatoms. The predicted molar refractivity (Wildman–Crippen MR) is 63.0 cm³/mol. The largest absolute Gasteiger partial charge is 0.390 e. The molecule has 0 saturated heterocycles. The van der Waals surface area contributed by atoms with Crippen LogP contribution in [-0.2, 0) is 0 Å². The average Bonchev–Trinajstić information content (AvgIpc) is 2.36. The SMILES string of the molecule is [N-]=[N+]=NCC(O)C(O)c1cc(F)c([N+](=O)[O-])cc1Cl. The molecule has 1 rings (SSSR count). The monoisotopic (exact) mass is 290 g/mol. The lowest BCUT2D eigenvalue weighted by molar-refractivity contribution is -0.387. The van der Waals surface area contributed by atoms with Crippen LogP contribution in [0.25, 0.3) is 10.4 Å². The number of hydrogen-bond acceptors (Lipinski definition) is 5. The molecule has 0 fully saturated rings. The van der Waals surface area contributed by atoms with Crippen LogP contribution in [-0.4, -0.2) is 27.8 Å². The highest BCUT2D eigenvalue weighted by molar-refractivity contribution is 6.31. The van der Waals surface area contributed by atoms with Gasteiger partial charge in [0.15, 0.2) is 0 Å². The third-order valence-corrected chi connectivity index (χ3v) is 2.61. The molecule has 0 amide bonds. The maximum atomic E-state index is 13.4. The molecule has 0 saturated carbocycles. The lowest BCUT2D eigenvalue weighted by atomic mass is 10.0. The van der Waals surface area contributed by atoms with Gasteiger partial charge in [0.25, 0.3) is 0 Å². The number of hydrogen-bond donors (Lipinski definition) is 2. The Morgan fingerprint density at radius 2 is 2.21 bits per heavy atom. The van der Waals surface area contributed by atoms with Gasteiger partial charge < -0.3 is 10.2 Å². The van der Waals surface area contributed by atoms with Crippen molar-refractivity contribution in [1.29, 1.82) is 0 Å². The van der Waals surface area contributed by atoms with Crippen LogP contribution in [0, 0.1) is 15.9 Å². The fraction of sp³-hybridized carbons (Fsp3) is 0.333. The fourth-order valence-corrected chi connectivity index (χ4v) is 1.62. The third-order valence-electron chi connectivity index (χ3n) is 2.28. The van der Waals surface area contributed by atoms with Crippen molar-refractivity contribution in [3.05, 3.63) is 49.1 Å². The molecule has 19 heavy (non-hydrogen) atoms. The molecule has 0 aromatic heterocycles. The first-order valence-electron chi connectivity index (χ1n) is 4.88. The molecule has 1 aromatic carbocycles. The van der Waals surface area contributed by atoms with E-state index in [1.807, 2.05) is 0 Å². The zero-order chi connectivity index (χ0) is 14.6. The van der Waals surface area contributed by atoms with Crippen LogP contribution in [0.1, 0.15) is 11.7 Å². The van der Waals surface area contributed by atoms with Crippen molar-refractivity contribution in [2.45, 2.75) is 12.2 Å². The molecular formula is C9H8ClFN4O4. The van der Waals surface area contributed by atoms with E-state index in [1.54, 1.807) is 0 Å².